The van der Waals surface area contributed by atoms with Gasteiger partial charge in [0.05, 0.1) is 0 Å². The summed E-state index contributed by atoms with van der Waals surface area (Å²) in [4.78, 5) is 2.34. The van der Waals surface area contributed by atoms with Gasteiger partial charge < -0.3 is 13.7 Å². The number of anilines is 3. The molecular weight excluding hydrogens is 767 g/mol. The van der Waals surface area contributed by atoms with Gasteiger partial charge in [0.1, 0.15) is 22.3 Å². The maximum absolute atomic E-state index is 6.55. The molecule has 2 aromatic heterocycles. The van der Waals surface area contributed by atoms with Gasteiger partial charge >= 0.3 is 0 Å². The third-order valence-corrected chi connectivity index (χ3v) is 12.9. The molecule has 13 aromatic rings. The lowest BCUT2D eigenvalue weighted by Gasteiger charge is -2.26. The van der Waals surface area contributed by atoms with Gasteiger partial charge in [-0.25, -0.2) is 0 Å². The van der Waals surface area contributed by atoms with E-state index in [2.05, 4.69) is 217 Å². The van der Waals surface area contributed by atoms with Crippen molar-refractivity contribution in [3.63, 3.8) is 0 Å². The molecule has 11 aromatic carbocycles. The Labute approximate surface area is 363 Å². The molecule has 63 heavy (non-hydrogen) atoms. The normalized spacial score (nSPS) is 11.8. The van der Waals surface area contributed by atoms with E-state index in [0.29, 0.717) is 0 Å². The summed E-state index contributed by atoms with van der Waals surface area (Å²) in [6, 6.07) is 80.5. The standard InChI is InChI=1S/C60H37NO2/c1-3-11-48-39(9-1)19-20-44-37-43(28-35-49(44)48)38-21-29-45(30-22-38)61(46-31-23-41(24-32-46)50-14-7-17-56-58(50)53-13-5-6-16-55(53)62-56)47-33-25-42(26-34-47)51-15-8-18-57-59(51)54-36-27-40-10-2-4-12-52(40)60(54)63-57/h1-37H. The van der Waals surface area contributed by atoms with Crippen LogP contribution in [0.1, 0.15) is 0 Å². The fraction of sp³-hybridized carbons (Fsp3) is 0. The molecule has 0 N–H and O–H groups in total. The van der Waals surface area contributed by atoms with E-state index in [9.17, 15) is 0 Å². The van der Waals surface area contributed by atoms with Crippen molar-refractivity contribution in [3.05, 3.63) is 224 Å². The van der Waals surface area contributed by atoms with Crippen molar-refractivity contribution in [3.8, 4) is 33.4 Å². The Bertz CT molecular complexity index is 3890. The maximum atomic E-state index is 6.55. The molecule has 0 aliphatic carbocycles. The second kappa shape index (κ2) is 14.1. The Kier molecular flexibility index (Phi) is 7.91. The van der Waals surface area contributed by atoms with Gasteiger partial charge in [-0.2, -0.15) is 0 Å². The van der Waals surface area contributed by atoms with Crippen LogP contribution in [-0.2, 0) is 0 Å². The summed E-state index contributed by atoms with van der Waals surface area (Å²) in [5.74, 6) is 0. The zero-order chi connectivity index (χ0) is 41.4. The van der Waals surface area contributed by atoms with Gasteiger partial charge in [0.15, 0.2) is 0 Å². The first-order valence-electron chi connectivity index (χ1n) is 21.5. The van der Waals surface area contributed by atoms with Crippen LogP contribution in [0.5, 0.6) is 0 Å². The van der Waals surface area contributed by atoms with E-state index in [0.717, 1.165) is 88.6 Å². The van der Waals surface area contributed by atoms with Crippen molar-refractivity contribution >= 4 is 93.3 Å². The minimum Gasteiger partial charge on any atom is -0.456 e. The van der Waals surface area contributed by atoms with Crippen molar-refractivity contribution in [1.82, 2.24) is 0 Å². The largest absolute Gasteiger partial charge is 0.456 e. The fourth-order valence-electron chi connectivity index (χ4n) is 9.83. The van der Waals surface area contributed by atoms with Gasteiger partial charge in [-0.05, 0) is 127 Å². The quantitative estimate of drug-likeness (QED) is 0.157. The highest BCUT2D eigenvalue weighted by Crippen LogP contribution is 2.43. The molecule has 13 rings (SSSR count). The molecule has 0 saturated heterocycles. The van der Waals surface area contributed by atoms with Crippen molar-refractivity contribution in [1.29, 1.82) is 0 Å². The van der Waals surface area contributed by atoms with Crippen LogP contribution in [0.4, 0.5) is 17.1 Å². The number of para-hydroxylation sites is 1. The monoisotopic (exact) mass is 803 g/mol. The van der Waals surface area contributed by atoms with Crippen LogP contribution < -0.4 is 4.90 Å². The number of furan rings is 2. The number of rotatable bonds is 6. The first-order valence-corrected chi connectivity index (χ1v) is 21.5. The number of nitrogens with zero attached hydrogens (tertiary/aromatic N) is 1. The van der Waals surface area contributed by atoms with Crippen LogP contribution in [0.2, 0.25) is 0 Å². The summed E-state index contributed by atoms with van der Waals surface area (Å²) in [6.45, 7) is 0. The highest BCUT2D eigenvalue weighted by atomic mass is 16.3. The molecule has 3 heteroatoms. The zero-order valence-electron chi connectivity index (χ0n) is 34.1. The van der Waals surface area contributed by atoms with Gasteiger partial charge in [-0.1, -0.05) is 158 Å². The lowest BCUT2D eigenvalue weighted by atomic mass is 9.97. The van der Waals surface area contributed by atoms with Gasteiger partial charge in [0.2, 0.25) is 0 Å². The van der Waals surface area contributed by atoms with E-state index in [-0.39, 0.29) is 0 Å². The third kappa shape index (κ3) is 5.75. The molecule has 0 atom stereocenters. The van der Waals surface area contributed by atoms with Crippen LogP contribution in [0.3, 0.4) is 0 Å². The van der Waals surface area contributed by atoms with E-state index < -0.39 is 0 Å². The Balaban J connectivity index is 0.907. The highest BCUT2D eigenvalue weighted by Gasteiger charge is 2.18. The van der Waals surface area contributed by atoms with Crippen LogP contribution in [0.25, 0.3) is 110 Å². The van der Waals surface area contributed by atoms with E-state index in [1.165, 1.54) is 38.1 Å². The lowest BCUT2D eigenvalue weighted by Crippen LogP contribution is -2.09. The van der Waals surface area contributed by atoms with Crippen molar-refractivity contribution in [2.75, 3.05) is 4.90 Å². The first kappa shape index (κ1) is 35.4. The van der Waals surface area contributed by atoms with Gasteiger partial charge in [0, 0.05) is 44.0 Å². The topological polar surface area (TPSA) is 29.5 Å². The Morgan fingerprint density at radius 1 is 0.270 bits per heavy atom. The van der Waals surface area contributed by atoms with Gasteiger partial charge in [-0.3, -0.25) is 0 Å². The van der Waals surface area contributed by atoms with Gasteiger partial charge in [-0.15, -0.1) is 0 Å². The van der Waals surface area contributed by atoms with E-state index >= 15 is 0 Å². The molecule has 0 unspecified atom stereocenters. The van der Waals surface area contributed by atoms with Gasteiger partial charge in [0.25, 0.3) is 0 Å². The summed E-state index contributed by atoms with van der Waals surface area (Å²) >= 11 is 0. The lowest BCUT2D eigenvalue weighted by molar-refractivity contribution is 0.669. The molecular formula is C60H37NO2. The summed E-state index contributed by atoms with van der Waals surface area (Å²) in [7, 11) is 0. The number of hydrogen-bond acceptors (Lipinski definition) is 3. The second-order valence-corrected chi connectivity index (χ2v) is 16.4. The van der Waals surface area contributed by atoms with E-state index in [4.69, 9.17) is 8.83 Å². The molecule has 0 spiro atoms. The van der Waals surface area contributed by atoms with Crippen LogP contribution in [0, 0.1) is 0 Å². The minimum absolute atomic E-state index is 0.892. The van der Waals surface area contributed by atoms with Crippen molar-refractivity contribution < 1.29 is 8.83 Å². The fourth-order valence-corrected chi connectivity index (χ4v) is 9.83. The SMILES string of the molecule is c1ccc2c(c1)ccc1cc(-c3ccc(N(c4ccc(-c5cccc6oc7ccccc7c56)cc4)c4ccc(-c5cccc6oc7c8ccccc8ccc7c56)cc4)cc3)ccc12. The average molecular weight is 804 g/mol. The second-order valence-electron chi connectivity index (χ2n) is 16.4. The number of hydrogen-bond donors (Lipinski definition) is 0. The predicted molar refractivity (Wildman–Crippen MR) is 265 cm³/mol. The zero-order valence-corrected chi connectivity index (χ0v) is 34.1. The first-order chi connectivity index (χ1) is 31.2. The Morgan fingerprint density at radius 3 is 1.41 bits per heavy atom. The Morgan fingerprint density at radius 2 is 0.730 bits per heavy atom. The van der Waals surface area contributed by atoms with E-state index in [1.54, 1.807) is 0 Å². The van der Waals surface area contributed by atoms with E-state index in [1.807, 2.05) is 12.1 Å². The molecule has 0 fully saturated rings. The highest BCUT2D eigenvalue weighted by molar-refractivity contribution is 6.19. The summed E-state index contributed by atoms with van der Waals surface area (Å²) < 4.78 is 12.8. The third-order valence-electron chi connectivity index (χ3n) is 12.9. The molecule has 0 aliphatic rings. The molecule has 2 heterocycles. The van der Waals surface area contributed by atoms with Crippen LogP contribution in [-0.4, -0.2) is 0 Å². The molecule has 0 radical (unpaired) electrons. The molecule has 0 bridgehead atoms. The van der Waals surface area contributed by atoms with Crippen molar-refractivity contribution in [2.45, 2.75) is 0 Å². The summed E-state index contributed by atoms with van der Waals surface area (Å²) in [5.41, 5.74) is 13.8. The average Bonchev–Trinajstić information content (AvgIpc) is 3.94. The minimum atomic E-state index is 0.892. The number of fused-ring (bicyclic) bond motifs is 11. The maximum Gasteiger partial charge on any atom is 0.143 e. The number of benzene rings is 11. The molecule has 3 nitrogen and oxygen atoms in total. The molecule has 0 saturated carbocycles. The molecule has 0 amide bonds. The summed E-state index contributed by atoms with van der Waals surface area (Å²) in [5, 5.41) is 11.9. The van der Waals surface area contributed by atoms with Crippen molar-refractivity contribution in [2.24, 2.45) is 0 Å². The van der Waals surface area contributed by atoms with Crippen LogP contribution >= 0.6 is 0 Å². The molecule has 294 valence electrons. The van der Waals surface area contributed by atoms with Crippen LogP contribution in [0.15, 0.2) is 233 Å². The Hall–Kier alpha value is -8.40. The smallest absolute Gasteiger partial charge is 0.143 e. The summed E-state index contributed by atoms with van der Waals surface area (Å²) in [6.07, 6.45) is 0. The predicted octanol–water partition coefficient (Wildman–Crippen LogP) is 17.4. The molecule has 0 aliphatic heterocycles.